The Morgan fingerprint density at radius 1 is 1.05 bits per heavy atom. The minimum absolute atomic E-state index is 0.0322. The Labute approximate surface area is 128 Å². The fraction of sp³-hybridized carbons (Fsp3) is 0.188. The number of halogens is 2. The molecule has 0 saturated carbocycles. The van der Waals surface area contributed by atoms with E-state index in [1.807, 2.05) is 18.2 Å². The van der Waals surface area contributed by atoms with E-state index < -0.39 is 0 Å². The van der Waals surface area contributed by atoms with E-state index in [4.69, 9.17) is 28.9 Å². The lowest BCUT2D eigenvalue weighted by Gasteiger charge is -2.06. The average molecular weight is 308 g/mol. The van der Waals surface area contributed by atoms with Gasteiger partial charge in [-0.15, -0.1) is 0 Å². The van der Waals surface area contributed by atoms with Crippen molar-refractivity contribution in [1.82, 2.24) is 0 Å². The van der Waals surface area contributed by atoms with E-state index in [1.165, 1.54) is 5.56 Å². The Bertz CT molecular complexity index is 588. The standard InChI is InChI=1S/C16H15Cl2NO/c17-13-9-12(10-14(18)16(13)19)15(20)8-4-7-11-5-2-1-3-6-11/h1-3,5-6,9-10H,4,7-8,19H2. The van der Waals surface area contributed by atoms with Crippen molar-refractivity contribution in [3.05, 3.63) is 63.6 Å². The summed E-state index contributed by atoms with van der Waals surface area (Å²) in [6, 6.07) is 13.2. The molecule has 0 saturated heterocycles. The molecular formula is C16H15Cl2NO. The first kappa shape index (κ1) is 14.9. The molecule has 0 atom stereocenters. The van der Waals surface area contributed by atoms with Gasteiger partial charge in [0.15, 0.2) is 5.78 Å². The lowest BCUT2D eigenvalue weighted by Crippen LogP contribution is -2.01. The van der Waals surface area contributed by atoms with Crippen LogP contribution in [-0.4, -0.2) is 5.78 Å². The first-order valence-corrected chi connectivity index (χ1v) is 7.15. The molecule has 4 heteroatoms. The van der Waals surface area contributed by atoms with Gasteiger partial charge in [-0.1, -0.05) is 53.5 Å². The van der Waals surface area contributed by atoms with Crippen molar-refractivity contribution in [2.45, 2.75) is 19.3 Å². The van der Waals surface area contributed by atoms with Gasteiger partial charge in [-0.25, -0.2) is 0 Å². The molecule has 2 N–H and O–H groups in total. The van der Waals surface area contributed by atoms with E-state index in [0.717, 1.165) is 12.8 Å². The summed E-state index contributed by atoms with van der Waals surface area (Å²) in [5, 5.41) is 0.646. The molecule has 0 aliphatic carbocycles. The van der Waals surface area contributed by atoms with Crippen molar-refractivity contribution < 1.29 is 4.79 Å². The molecule has 104 valence electrons. The van der Waals surface area contributed by atoms with Gasteiger partial charge < -0.3 is 5.73 Å². The average Bonchev–Trinajstić information content (AvgIpc) is 2.45. The summed E-state index contributed by atoms with van der Waals surface area (Å²) in [7, 11) is 0. The summed E-state index contributed by atoms with van der Waals surface area (Å²) >= 11 is 11.9. The third-order valence-electron chi connectivity index (χ3n) is 3.11. The molecule has 0 fully saturated rings. The maximum atomic E-state index is 12.1. The molecule has 0 spiro atoms. The molecule has 0 unspecified atom stereocenters. The number of hydrogen-bond acceptors (Lipinski definition) is 2. The van der Waals surface area contributed by atoms with Gasteiger partial charge >= 0.3 is 0 Å². The van der Waals surface area contributed by atoms with Gasteiger partial charge in [0, 0.05) is 12.0 Å². The number of ketones is 1. The Hall–Kier alpha value is -1.51. The summed E-state index contributed by atoms with van der Waals surface area (Å²) in [5.74, 6) is 0.0322. The van der Waals surface area contributed by atoms with Gasteiger partial charge in [0.05, 0.1) is 15.7 Å². The van der Waals surface area contributed by atoms with E-state index in [9.17, 15) is 4.79 Å². The molecule has 2 aromatic carbocycles. The maximum absolute atomic E-state index is 12.1. The first-order chi connectivity index (χ1) is 9.58. The van der Waals surface area contributed by atoms with Crippen LogP contribution in [0, 0.1) is 0 Å². The number of carbonyl (C=O) groups is 1. The Morgan fingerprint density at radius 2 is 1.65 bits per heavy atom. The SMILES string of the molecule is Nc1c(Cl)cc(C(=O)CCCc2ccccc2)cc1Cl. The van der Waals surface area contributed by atoms with E-state index >= 15 is 0 Å². The smallest absolute Gasteiger partial charge is 0.162 e. The van der Waals surface area contributed by atoms with E-state index in [-0.39, 0.29) is 5.78 Å². The van der Waals surface area contributed by atoms with Gasteiger partial charge in [0.25, 0.3) is 0 Å². The van der Waals surface area contributed by atoms with Crippen LogP contribution in [0.3, 0.4) is 0 Å². The van der Waals surface area contributed by atoms with Crippen LogP contribution in [0.5, 0.6) is 0 Å². The second kappa shape index (κ2) is 6.78. The molecule has 0 aromatic heterocycles. The maximum Gasteiger partial charge on any atom is 0.162 e. The zero-order valence-electron chi connectivity index (χ0n) is 10.9. The van der Waals surface area contributed by atoms with Gasteiger partial charge in [-0.3, -0.25) is 4.79 Å². The number of hydrogen-bond donors (Lipinski definition) is 1. The molecule has 0 radical (unpaired) electrons. The van der Waals surface area contributed by atoms with Crippen LogP contribution in [0.15, 0.2) is 42.5 Å². The van der Waals surface area contributed by atoms with Crippen LogP contribution < -0.4 is 5.73 Å². The summed E-state index contributed by atoms with van der Waals surface area (Å²) < 4.78 is 0. The fourth-order valence-corrected chi connectivity index (χ4v) is 2.47. The highest BCUT2D eigenvalue weighted by Crippen LogP contribution is 2.29. The number of nitrogen functional groups attached to an aromatic ring is 1. The summed E-state index contributed by atoms with van der Waals surface area (Å²) in [6.07, 6.45) is 2.14. The van der Waals surface area contributed by atoms with Crippen LogP contribution in [0.25, 0.3) is 0 Å². The Morgan fingerprint density at radius 3 is 2.25 bits per heavy atom. The van der Waals surface area contributed by atoms with Gasteiger partial charge in [0.2, 0.25) is 0 Å². The first-order valence-electron chi connectivity index (χ1n) is 6.39. The van der Waals surface area contributed by atoms with Crippen molar-refractivity contribution >= 4 is 34.7 Å². The minimum atomic E-state index is 0.0322. The molecule has 0 heterocycles. The van der Waals surface area contributed by atoms with Crippen LogP contribution >= 0.6 is 23.2 Å². The largest absolute Gasteiger partial charge is 0.396 e. The van der Waals surface area contributed by atoms with Crippen LogP contribution in [-0.2, 0) is 6.42 Å². The molecule has 20 heavy (non-hydrogen) atoms. The number of nitrogens with two attached hydrogens (primary N) is 1. The third kappa shape index (κ3) is 3.75. The van der Waals surface area contributed by atoms with Crippen molar-refractivity contribution in [2.24, 2.45) is 0 Å². The quantitative estimate of drug-likeness (QED) is 0.638. The molecule has 0 amide bonds. The zero-order chi connectivity index (χ0) is 14.5. The van der Waals surface area contributed by atoms with Crippen molar-refractivity contribution in [1.29, 1.82) is 0 Å². The molecule has 0 aliphatic heterocycles. The Kier molecular flexibility index (Phi) is 5.05. The predicted octanol–water partition coefficient (Wildman–Crippen LogP) is 4.78. The van der Waals surface area contributed by atoms with Gasteiger partial charge in [0.1, 0.15) is 0 Å². The normalized spacial score (nSPS) is 10.5. The Balaban J connectivity index is 1.95. The monoisotopic (exact) mass is 307 g/mol. The highest BCUT2D eigenvalue weighted by molar-refractivity contribution is 6.39. The van der Waals surface area contributed by atoms with E-state index in [0.29, 0.717) is 27.7 Å². The molecule has 2 nitrogen and oxygen atoms in total. The number of carbonyl (C=O) groups excluding carboxylic acids is 1. The lowest BCUT2D eigenvalue weighted by atomic mass is 10.0. The summed E-state index contributed by atoms with van der Waals surface area (Å²) in [6.45, 7) is 0. The summed E-state index contributed by atoms with van der Waals surface area (Å²) in [4.78, 5) is 12.1. The van der Waals surface area contributed by atoms with Crippen molar-refractivity contribution in [3.63, 3.8) is 0 Å². The number of rotatable bonds is 5. The number of aryl methyl sites for hydroxylation is 1. The third-order valence-corrected chi connectivity index (χ3v) is 3.74. The van der Waals surface area contributed by atoms with Crippen molar-refractivity contribution in [3.8, 4) is 0 Å². The highest BCUT2D eigenvalue weighted by atomic mass is 35.5. The second-order valence-corrected chi connectivity index (χ2v) is 5.43. The highest BCUT2D eigenvalue weighted by Gasteiger charge is 2.11. The van der Waals surface area contributed by atoms with Gasteiger partial charge in [-0.05, 0) is 30.5 Å². The second-order valence-electron chi connectivity index (χ2n) is 4.62. The molecule has 2 aromatic rings. The lowest BCUT2D eigenvalue weighted by molar-refractivity contribution is 0.0980. The zero-order valence-corrected chi connectivity index (χ0v) is 12.4. The fourth-order valence-electron chi connectivity index (χ4n) is 1.99. The van der Waals surface area contributed by atoms with Gasteiger partial charge in [-0.2, -0.15) is 0 Å². The van der Waals surface area contributed by atoms with E-state index in [2.05, 4.69) is 12.1 Å². The molecular weight excluding hydrogens is 293 g/mol. The minimum Gasteiger partial charge on any atom is -0.396 e. The predicted molar refractivity (Wildman–Crippen MR) is 84.6 cm³/mol. The number of Topliss-reactive ketones (excluding diaryl/α,β-unsaturated/α-hetero) is 1. The molecule has 0 bridgehead atoms. The topological polar surface area (TPSA) is 43.1 Å². The van der Waals surface area contributed by atoms with E-state index in [1.54, 1.807) is 12.1 Å². The van der Waals surface area contributed by atoms with Crippen molar-refractivity contribution in [2.75, 3.05) is 5.73 Å². The molecule has 0 aliphatic rings. The van der Waals surface area contributed by atoms with Crippen LogP contribution in [0.4, 0.5) is 5.69 Å². The number of benzene rings is 2. The van der Waals surface area contributed by atoms with Crippen LogP contribution in [0.1, 0.15) is 28.8 Å². The number of anilines is 1. The summed E-state index contributed by atoms with van der Waals surface area (Å²) in [5.41, 5.74) is 7.71. The van der Waals surface area contributed by atoms with Crippen LogP contribution in [0.2, 0.25) is 10.0 Å². The molecule has 2 rings (SSSR count).